The van der Waals surface area contributed by atoms with Crippen LogP contribution < -0.4 is 10.6 Å². The van der Waals surface area contributed by atoms with Crippen LogP contribution in [0.4, 0.5) is 10.5 Å². The number of urea groups is 1. The summed E-state index contributed by atoms with van der Waals surface area (Å²) in [6.07, 6.45) is 0.124. The molecule has 0 aliphatic carbocycles. The molecule has 0 saturated carbocycles. The highest BCUT2D eigenvalue weighted by molar-refractivity contribution is 7.12. The van der Waals surface area contributed by atoms with Gasteiger partial charge >= 0.3 is 18.0 Å². The van der Waals surface area contributed by atoms with Gasteiger partial charge in [0.2, 0.25) is 0 Å². The molecule has 0 bridgehead atoms. The second-order valence-corrected chi connectivity index (χ2v) is 5.56. The maximum Gasteiger partial charge on any atom is 0.348 e. The van der Waals surface area contributed by atoms with Crippen LogP contribution in [0.3, 0.4) is 0 Å². The number of aliphatic carboxylic acids is 1. The Morgan fingerprint density at radius 2 is 1.78 bits per heavy atom. The molecular formula is C15H14N2O5S. The minimum atomic E-state index is -1.17. The van der Waals surface area contributed by atoms with Gasteiger partial charge in [0.25, 0.3) is 0 Å². The van der Waals surface area contributed by atoms with Gasteiger partial charge < -0.3 is 20.8 Å². The molecule has 0 radical (unpaired) electrons. The third kappa shape index (κ3) is 4.55. The van der Waals surface area contributed by atoms with Gasteiger partial charge in [-0.2, -0.15) is 0 Å². The topological polar surface area (TPSA) is 116 Å². The molecule has 7 nitrogen and oxygen atoms in total. The van der Waals surface area contributed by atoms with Gasteiger partial charge in [-0.3, -0.25) is 0 Å². The molecule has 0 fully saturated rings. The van der Waals surface area contributed by atoms with Crippen LogP contribution in [0.1, 0.15) is 15.2 Å². The number of thiophene rings is 1. The molecule has 0 aliphatic rings. The van der Waals surface area contributed by atoms with Gasteiger partial charge in [-0.1, -0.05) is 30.3 Å². The van der Waals surface area contributed by atoms with Gasteiger partial charge in [-0.25, -0.2) is 14.4 Å². The molecule has 0 aliphatic heterocycles. The summed E-state index contributed by atoms with van der Waals surface area (Å²) in [5, 5.41) is 24.4. The summed E-state index contributed by atoms with van der Waals surface area (Å²) in [5.41, 5.74) is 0.894. The first-order valence-electron chi connectivity index (χ1n) is 6.62. The van der Waals surface area contributed by atoms with Crippen LogP contribution in [-0.4, -0.2) is 34.2 Å². The second-order valence-electron chi connectivity index (χ2n) is 4.65. The lowest BCUT2D eigenvalue weighted by Gasteiger charge is -2.15. The molecule has 8 heteroatoms. The first-order valence-corrected chi connectivity index (χ1v) is 7.50. The van der Waals surface area contributed by atoms with E-state index in [0.29, 0.717) is 0 Å². The van der Waals surface area contributed by atoms with E-state index in [1.165, 1.54) is 11.4 Å². The van der Waals surface area contributed by atoms with Crippen molar-refractivity contribution in [2.75, 3.05) is 5.32 Å². The number of hydrogen-bond acceptors (Lipinski definition) is 4. The number of amides is 2. The van der Waals surface area contributed by atoms with Gasteiger partial charge in [0, 0.05) is 6.42 Å². The summed E-state index contributed by atoms with van der Waals surface area (Å²) >= 11 is 0.969. The number of carboxylic acid groups (broad SMARTS) is 2. The zero-order valence-electron chi connectivity index (χ0n) is 11.9. The molecule has 1 aromatic heterocycles. The lowest BCUT2D eigenvalue weighted by atomic mass is 10.1. The van der Waals surface area contributed by atoms with Crippen LogP contribution in [0.25, 0.3) is 0 Å². The van der Waals surface area contributed by atoms with E-state index in [1.54, 1.807) is 24.3 Å². The van der Waals surface area contributed by atoms with E-state index in [0.717, 1.165) is 16.9 Å². The predicted octanol–water partition coefficient (Wildman–Crippen LogP) is 2.26. The quantitative estimate of drug-likeness (QED) is 0.647. The van der Waals surface area contributed by atoms with Crippen molar-refractivity contribution in [1.29, 1.82) is 0 Å². The van der Waals surface area contributed by atoms with E-state index < -0.39 is 24.0 Å². The molecule has 1 atom stereocenters. The average molecular weight is 334 g/mol. The van der Waals surface area contributed by atoms with E-state index in [1.807, 2.05) is 6.07 Å². The van der Waals surface area contributed by atoms with Gasteiger partial charge in [-0.05, 0) is 17.0 Å². The van der Waals surface area contributed by atoms with Crippen molar-refractivity contribution in [3.63, 3.8) is 0 Å². The van der Waals surface area contributed by atoms with Gasteiger partial charge in [0.15, 0.2) is 0 Å². The van der Waals surface area contributed by atoms with Crippen LogP contribution in [0, 0.1) is 0 Å². The monoisotopic (exact) mass is 334 g/mol. The van der Waals surface area contributed by atoms with Crippen LogP contribution in [0.2, 0.25) is 0 Å². The molecule has 0 saturated heterocycles. The Kier molecular flexibility index (Phi) is 5.32. The Labute approximate surface area is 135 Å². The number of hydrogen-bond donors (Lipinski definition) is 4. The normalized spacial score (nSPS) is 11.5. The molecule has 2 rings (SSSR count). The number of benzene rings is 1. The SMILES string of the molecule is O=C(Nc1ccsc1C(=O)O)N[C@@H](Cc1ccccc1)C(=O)O. The number of aromatic carboxylic acids is 1. The van der Waals surface area contributed by atoms with Gasteiger partial charge in [-0.15, -0.1) is 11.3 Å². The van der Waals surface area contributed by atoms with Crippen LogP contribution in [0.5, 0.6) is 0 Å². The van der Waals surface area contributed by atoms with Crippen molar-refractivity contribution in [3.8, 4) is 0 Å². The Morgan fingerprint density at radius 1 is 1.09 bits per heavy atom. The third-order valence-electron chi connectivity index (χ3n) is 2.99. The van der Waals surface area contributed by atoms with Crippen LogP contribution >= 0.6 is 11.3 Å². The van der Waals surface area contributed by atoms with Gasteiger partial charge in [0.05, 0.1) is 5.69 Å². The zero-order valence-corrected chi connectivity index (χ0v) is 12.7. The van der Waals surface area contributed by atoms with Crippen molar-refractivity contribution in [2.24, 2.45) is 0 Å². The summed E-state index contributed by atoms with van der Waals surface area (Å²) in [4.78, 5) is 34.2. The second kappa shape index (κ2) is 7.41. The van der Waals surface area contributed by atoms with Crippen molar-refractivity contribution in [2.45, 2.75) is 12.5 Å². The summed E-state index contributed by atoms with van der Waals surface area (Å²) in [7, 11) is 0. The number of nitrogens with one attached hydrogen (secondary N) is 2. The summed E-state index contributed by atoms with van der Waals surface area (Å²) in [5.74, 6) is -2.33. The molecule has 1 aromatic carbocycles. The Bertz CT molecular complexity index is 714. The van der Waals surface area contributed by atoms with Gasteiger partial charge in [0.1, 0.15) is 10.9 Å². The van der Waals surface area contributed by atoms with E-state index in [4.69, 9.17) is 5.11 Å². The fourth-order valence-electron chi connectivity index (χ4n) is 1.94. The minimum absolute atomic E-state index is 0.0184. The van der Waals surface area contributed by atoms with E-state index >= 15 is 0 Å². The number of rotatable bonds is 6. The molecule has 1 heterocycles. The highest BCUT2D eigenvalue weighted by Crippen LogP contribution is 2.21. The highest BCUT2D eigenvalue weighted by atomic mass is 32.1. The van der Waals surface area contributed by atoms with Crippen molar-refractivity contribution in [1.82, 2.24) is 5.32 Å². The largest absolute Gasteiger partial charge is 0.480 e. The zero-order chi connectivity index (χ0) is 16.8. The fourth-order valence-corrected chi connectivity index (χ4v) is 2.63. The first-order chi connectivity index (χ1) is 11.0. The highest BCUT2D eigenvalue weighted by Gasteiger charge is 2.21. The van der Waals surface area contributed by atoms with E-state index in [-0.39, 0.29) is 17.0 Å². The standard InChI is InChI=1S/C15H14N2O5S/c18-13(19)11(8-9-4-2-1-3-5-9)17-15(22)16-10-6-7-23-12(10)14(20)21/h1-7,11H,8H2,(H,18,19)(H,20,21)(H2,16,17,22)/t11-/m0/s1. The molecule has 2 amide bonds. The molecular weight excluding hydrogens is 320 g/mol. The number of carbonyl (C=O) groups is 3. The van der Waals surface area contributed by atoms with Crippen LogP contribution in [-0.2, 0) is 11.2 Å². The van der Waals surface area contributed by atoms with Crippen molar-refractivity contribution >= 4 is 35.0 Å². The summed E-state index contributed by atoms with van der Waals surface area (Å²) in [6.45, 7) is 0. The third-order valence-corrected chi connectivity index (χ3v) is 3.90. The maximum atomic E-state index is 11.9. The minimum Gasteiger partial charge on any atom is -0.480 e. The fraction of sp³-hybridized carbons (Fsp3) is 0.133. The molecule has 2 aromatic rings. The average Bonchev–Trinajstić information content (AvgIpc) is 2.95. The number of carbonyl (C=O) groups excluding carboxylic acids is 1. The predicted molar refractivity (Wildman–Crippen MR) is 85.0 cm³/mol. The lowest BCUT2D eigenvalue weighted by molar-refractivity contribution is -0.139. The Morgan fingerprint density at radius 3 is 2.39 bits per heavy atom. The lowest BCUT2D eigenvalue weighted by Crippen LogP contribution is -2.44. The van der Waals surface area contributed by atoms with E-state index in [2.05, 4.69) is 10.6 Å². The maximum absolute atomic E-state index is 11.9. The van der Waals surface area contributed by atoms with E-state index in [9.17, 15) is 19.5 Å². The molecule has 0 spiro atoms. The smallest absolute Gasteiger partial charge is 0.348 e. The first kappa shape index (κ1) is 16.5. The van der Waals surface area contributed by atoms with Crippen molar-refractivity contribution in [3.05, 3.63) is 52.2 Å². The van der Waals surface area contributed by atoms with Crippen molar-refractivity contribution < 1.29 is 24.6 Å². The summed E-state index contributed by atoms with van der Waals surface area (Å²) < 4.78 is 0. The van der Waals surface area contributed by atoms with Crippen LogP contribution in [0.15, 0.2) is 41.8 Å². The Hall–Kier alpha value is -2.87. The number of carboxylic acids is 2. The molecule has 0 unspecified atom stereocenters. The molecule has 23 heavy (non-hydrogen) atoms. The summed E-state index contributed by atoms with van der Waals surface area (Å²) in [6, 6.07) is 8.44. The number of anilines is 1. The molecule has 120 valence electrons. The Balaban J connectivity index is 2.02. The molecule has 4 N–H and O–H groups in total.